The van der Waals surface area contributed by atoms with Gasteiger partial charge in [-0.25, -0.2) is 9.78 Å². The number of carbonyl (C=O) groups is 2. The second-order valence-electron chi connectivity index (χ2n) is 12.2. The number of imidazole rings is 1. The van der Waals surface area contributed by atoms with Crippen LogP contribution in [-0.2, 0) is 16.1 Å². The van der Waals surface area contributed by atoms with Gasteiger partial charge in [-0.3, -0.25) is 4.79 Å². The van der Waals surface area contributed by atoms with Crippen molar-refractivity contribution in [2.24, 2.45) is 0 Å². The van der Waals surface area contributed by atoms with Gasteiger partial charge in [0.2, 0.25) is 11.9 Å². The molecule has 1 aliphatic heterocycles. The van der Waals surface area contributed by atoms with E-state index in [1.54, 1.807) is 13.3 Å². The van der Waals surface area contributed by atoms with Gasteiger partial charge in [0, 0.05) is 32.1 Å². The number of halogens is 3. The Labute approximate surface area is 274 Å². The number of hydrogen-bond donors (Lipinski definition) is 5. The molecule has 0 bridgehead atoms. The van der Waals surface area contributed by atoms with E-state index in [1.807, 2.05) is 16.7 Å². The van der Waals surface area contributed by atoms with Gasteiger partial charge in [0.05, 0.1) is 18.4 Å². The van der Waals surface area contributed by atoms with Crippen molar-refractivity contribution in [3.63, 3.8) is 0 Å². The Morgan fingerprint density at radius 3 is 2.44 bits per heavy atom. The number of anilines is 2. The summed E-state index contributed by atoms with van der Waals surface area (Å²) in [5.41, 5.74) is 2.33. The Kier molecular flexibility index (Phi) is 10.4. The molecule has 13 nitrogen and oxygen atoms in total. The average Bonchev–Trinajstić information content (AvgIpc) is 3.78. The van der Waals surface area contributed by atoms with E-state index in [2.05, 4.69) is 69.8 Å². The van der Waals surface area contributed by atoms with Crippen LogP contribution in [0.2, 0.25) is 0 Å². The van der Waals surface area contributed by atoms with E-state index in [0.29, 0.717) is 48.4 Å². The second kappa shape index (κ2) is 14.3. The maximum Gasteiger partial charge on any atom is 0.490 e. The molecule has 1 amide bonds. The molecule has 1 saturated carbocycles. The van der Waals surface area contributed by atoms with Crippen molar-refractivity contribution in [1.29, 1.82) is 0 Å². The van der Waals surface area contributed by atoms with Crippen LogP contribution in [0.15, 0.2) is 48.8 Å². The molecule has 16 heteroatoms. The summed E-state index contributed by atoms with van der Waals surface area (Å²) in [6.45, 7) is 3.96. The fraction of sp³-hybridized carbons (Fsp3) is 0.469. The monoisotopic (exact) mass is 672 g/mol. The first-order chi connectivity index (χ1) is 22.8. The highest BCUT2D eigenvalue weighted by Crippen LogP contribution is 2.35. The molecule has 2 aromatic carbocycles. The SMILES string of the molecule is CCC(=O)N[C@H]1C[C@@H](n2cnc3c(NCc4cccc5ccccc45)nc(N4CC[C@@H](N(C)C)C4)nc32)[C@H](O)[C@@H]1O.O=C(O)C(F)(F)F. The molecule has 3 heterocycles. The Hall–Kier alpha value is -4.54. The maximum absolute atomic E-state index is 12.0. The topological polar surface area (TPSA) is 169 Å². The number of aliphatic carboxylic acids is 1. The maximum atomic E-state index is 12.0. The zero-order valence-corrected chi connectivity index (χ0v) is 26.7. The summed E-state index contributed by atoms with van der Waals surface area (Å²) in [5.74, 6) is -1.69. The van der Waals surface area contributed by atoms with Gasteiger partial charge in [0.1, 0.15) is 12.2 Å². The van der Waals surface area contributed by atoms with Crippen LogP contribution in [0.4, 0.5) is 24.9 Å². The van der Waals surface area contributed by atoms with Gasteiger partial charge in [-0.1, -0.05) is 49.4 Å². The first kappa shape index (κ1) is 34.8. The normalized spacial score (nSPS) is 22.6. The number of aromatic nitrogens is 4. The Morgan fingerprint density at radius 1 is 1.06 bits per heavy atom. The van der Waals surface area contributed by atoms with Crippen LogP contribution >= 0.6 is 0 Å². The number of carboxylic acids is 1. The van der Waals surface area contributed by atoms with Gasteiger partial charge in [-0.05, 0) is 43.3 Å². The predicted octanol–water partition coefficient (Wildman–Crippen LogP) is 2.93. The number of rotatable bonds is 8. The van der Waals surface area contributed by atoms with Gasteiger partial charge in [0.15, 0.2) is 17.0 Å². The zero-order valence-electron chi connectivity index (χ0n) is 26.7. The summed E-state index contributed by atoms with van der Waals surface area (Å²) >= 11 is 0. The lowest BCUT2D eigenvalue weighted by Gasteiger charge is -2.22. The number of aliphatic hydroxyl groups is 2. The molecule has 2 aromatic heterocycles. The summed E-state index contributed by atoms with van der Waals surface area (Å²) < 4.78 is 33.6. The number of fused-ring (bicyclic) bond motifs is 2. The highest BCUT2D eigenvalue weighted by atomic mass is 19.4. The van der Waals surface area contributed by atoms with Crippen LogP contribution in [0.3, 0.4) is 0 Å². The predicted molar refractivity (Wildman–Crippen MR) is 172 cm³/mol. The van der Waals surface area contributed by atoms with Crippen molar-refractivity contribution in [2.75, 3.05) is 37.4 Å². The third-order valence-corrected chi connectivity index (χ3v) is 8.83. The van der Waals surface area contributed by atoms with Gasteiger partial charge < -0.3 is 40.3 Å². The average molecular weight is 673 g/mol. The minimum absolute atomic E-state index is 0.161. The minimum atomic E-state index is -5.08. The lowest BCUT2D eigenvalue weighted by Crippen LogP contribution is -2.42. The minimum Gasteiger partial charge on any atom is -0.475 e. The van der Waals surface area contributed by atoms with E-state index in [1.165, 1.54) is 10.8 Å². The van der Waals surface area contributed by atoms with Gasteiger partial charge >= 0.3 is 12.1 Å². The van der Waals surface area contributed by atoms with Crippen molar-refractivity contribution >= 4 is 45.6 Å². The first-order valence-electron chi connectivity index (χ1n) is 15.6. The molecular formula is C32H39F3N8O5. The van der Waals surface area contributed by atoms with Crippen LogP contribution < -0.4 is 15.5 Å². The number of benzene rings is 2. The largest absolute Gasteiger partial charge is 0.490 e. The molecule has 1 aliphatic carbocycles. The zero-order chi connectivity index (χ0) is 34.7. The smallest absolute Gasteiger partial charge is 0.475 e. The van der Waals surface area contributed by atoms with E-state index in [4.69, 9.17) is 19.9 Å². The van der Waals surface area contributed by atoms with Crippen molar-refractivity contribution in [3.8, 4) is 0 Å². The Bertz CT molecular complexity index is 1760. The van der Waals surface area contributed by atoms with Crippen molar-refractivity contribution < 1.29 is 38.1 Å². The molecule has 2 fully saturated rings. The van der Waals surface area contributed by atoms with E-state index in [0.717, 1.165) is 25.1 Å². The van der Waals surface area contributed by atoms with Crippen LogP contribution in [0.25, 0.3) is 21.9 Å². The standard InChI is InChI=1S/C30H38N8O3.C2HF3O2/c1-4-24(39)33-22-14-23(27(41)26(22)40)38-17-32-25-28(31-15-19-10-7-9-18-8-5-6-11-21(18)19)34-30(35-29(25)38)37-13-12-20(16-37)36(2)3;3-2(4,5)1(6)7/h5-11,17,20,22-23,26-27,40-41H,4,12-16H2,1-3H3,(H,33,39)(H,31,34,35);(H,6,7)/t20-,22+,23-,26-,27+;/m1./s1. The summed E-state index contributed by atoms with van der Waals surface area (Å²) in [5, 5.41) is 37.6. The van der Waals surface area contributed by atoms with E-state index >= 15 is 0 Å². The van der Waals surface area contributed by atoms with Crippen LogP contribution in [0.1, 0.15) is 37.8 Å². The molecular weight excluding hydrogens is 633 g/mol. The molecule has 258 valence electrons. The number of amides is 1. The van der Waals surface area contributed by atoms with E-state index in [9.17, 15) is 28.2 Å². The summed E-state index contributed by atoms with van der Waals surface area (Å²) in [6, 6.07) is 13.9. The Morgan fingerprint density at radius 2 is 1.77 bits per heavy atom. The number of carboxylic acid groups (broad SMARTS) is 1. The summed E-state index contributed by atoms with van der Waals surface area (Å²) in [7, 11) is 4.18. The molecule has 48 heavy (non-hydrogen) atoms. The molecule has 6 rings (SSSR count). The molecule has 0 radical (unpaired) electrons. The molecule has 2 aliphatic rings. The van der Waals surface area contributed by atoms with Crippen LogP contribution in [0, 0.1) is 0 Å². The van der Waals surface area contributed by atoms with Crippen LogP contribution in [0.5, 0.6) is 0 Å². The number of alkyl halides is 3. The lowest BCUT2D eigenvalue weighted by molar-refractivity contribution is -0.192. The molecule has 5 atom stereocenters. The highest BCUT2D eigenvalue weighted by Gasteiger charge is 2.44. The van der Waals surface area contributed by atoms with Crippen molar-refractivity contribution in [2.45, 2.75) is 69.2 Å². The van der Waals surface area contributed by atoms with Gasteiger partial charge in [0.25, 0.3) is 0 Å². The summed E-state index contributed by atoms with van der Waals surface area (Å²) in [4.78, 5) is 39.9. The van der Waals surface area contributed by atoms with Crippen molar-refractivity contribution in [1.82, 2.24) is 29.7 Å². The molecule has 0 unspecified atom stereocenters. The van der Waals surface area contributed by atoms with Crippen molar-refractivity contribution in [3.05, 3.63) is 54.4 Å². The number of nitrogens with zero attached hydrogens (tertiary/aromatic N) is 6. The third-order valence-electron chi connectivity index (χ3n) is 8.83. The number of hydrogen-bond acceptors (Lipinski definition) is 10. The fourth-order valence-corrected chi connectivity index (χ4v) is 6.12. The van der Waals surface area contributed by atoms with E-state index in [-0.39, 0.29) is 5.91 Å². The third kappa shape index (κ3) is 7.45. The number of nitrogens with one attached hydrogen (secondary N) is 2. The molecule has 1 saturated heterocycles. The number of carbonyl (C=O) groups excluding carboxylic acids is 1. The van der Waals surface area contributed by atoms with Gasteiger partial charge in [-0.15, -0.1) is 0 Å². The highest BCUT2D eigenvalue weighted by molar-refractivity contribution is 5.87. The van der Waals surface area contributed by atoms with E-state index < -0.39 is 36.4 Å². The van der Waals surface area contributed by atoms with Gasteiger partial charge in [-0.2, -0.15) is 23.1 Å². The molecule has 5 N–H and O–H groups in total. The lowest BCUT2D eigenvalue weighted by atomic mass is 10.0. The fourth-order valence-electron chi connectivity index (χ4n) is 6.12. The Balaban J connectivity index is 0.000000582. The quantitative estimate of drug-likeness (QED) is 0.187. The summed E-state index contributed by atoms with van der Waals surface area (Å²) in [6.07, 6.45) is -3.90. The van der Waals surface area contributed by atoms with Crippen LogP contribution in [-0.4, -0.2) is 109 Å². The molecule has 4 aromatic rings. The number of aliphatic hydroxyl groups excluding tert-OH is 2. The first-order valence-corrected chi connectivity index (χ1v) is 15.6. The number of likely N-dealkylation sites (N-methyl/N-ethyl adjacent to an activating group) is 1. The second-order valence-corrected chi connectivity index (χ2v) is 12.2. The molecule has 0 spiro atoms.